The van der Waals surface area contributed by atoms with Gasteiger partial charge in [0.05, 0.1) is 5.60 Å². The van der Waals surface area contributed by atoms with E-state index >= 15 is 0 Å². The largest absolute Gasteiger partial charge is 0.386 e. The Bertz CT molecular complexity index is 530. The summed E-state index contributed by atoms with van der Waals surface area (Å²) in [4.78, 5) is 4.49. The molecular weight excluding hydrogens is 294 g/mol. The third kappa shape index (κ3) is 2.85. The summed E-state index contributed by atoms with van der Waals surface area (Å²) >= 11 is 5.53. The minimum Gasteiger partial charge on any atom is -0.386 e. The molecule has 2 bridgehead atoms. The number of thiocarbonyl (C=S) groups is 1. The van der Waals surface area contributed by atoms with Crippen molar-refractivity contribution >= 4 is 17.3 Å². The van der Waals surface area contributed by atoms with Gasteiger partial charge in [-0.05, 0) is 42.8 Å². The van der Waals surface area contributed by atoms with Crippen LogP contribution in [0.15, 0.2) is 36.5 Å². The van der Waals surface area contributed by atoms with E-state index in [1.165, 1.54) is 11.1 Å². The Hall–Kier alpha value is -1.17. The Kier molecular flexibility index (Phi) is 4.39. The van der Waals surface area contributed by atoms with E-state index < -0.39 is 5.60 Å². The van der Waals surface area contributed by atoms with Gasteiger partial charge in [0.2, 0.25) is 0 Å². The van der Waals surface area contributed by atoms with Gasteiger partial charge < -0.3 is 15.3 Å². The van der Waals surface area contributed by atoms with Gasteiger partial charge >= 0.3 is 0 Å². The van der Waals surface area contributed by atoms with Crippen molar-refractivity contribution in [3.63, 3.8) is 0 Å². The first-order valence-electron chi connectivity index (χ1n) is 8.00. The van der Waals surface area contributed by atoms with Crippen molar-refractivity contribution < 1.29 is 5.11 Å². The molecule has 2 saturated heterocycles. The molecule has 0 radical (unpaired) electrons. The van der Waals surface area contributed by atoms with Crippen molar-refractivity contribution in [1.82, 2.24) is 15.1 Å². The van der Waals surface area contributed by atoms with Gasteiger partial charge in [-0.25, -0.2) is 0 Å². The maximum Gasteiger partial charge on any atom is 0.169 e. The van der Waals surface area contributed by atoms with E-state index in [4.69, 9.17) is 12.2 Å². The first kappa shape index (κ1) is 15.7. The molecule has 3 heterocycles. The minimum atomic E-state index is -0.624. The van der Waals surface area contributed by atoms with Crippen molar-refractivity contribution in [1.29, 1.82) is 0 Å². The quantitative estimate of drug-likeness (QED) is 0.764. The summed E-state index contributed by atoms with van der Waals surface area (Å²) in [7, 11) is 0. The Labute approximate surface area is 138 Å². The lowest BCUT2D eigenvalue weighted by Gasteiger charge is -2.36. The van der Waals surface area contributed by atoms with E-state index in [1.807, 2.05) is 12.2 Å². The lowest BCUT2D eigenvalue weighted by atomic mass is 9.87. The summed E-state index contributed by atoms with van der Waals surface area (Å²) in [5.41, 5.74) is 1.82. The smallest absolute Gasteiger partial charge is 0.169 e. The van der Waals surface area contributed by atoms with Gasteiger partial charge in [-0.1, -0.05) is 25.3 Å². The van der Waals surface area contributed by atoms with Crippen LogP contribution in [0, 0.1) is 5.92 Å². The van der Waals surface area contributed by atoms with Crippen molar-refractivity contribution in [2.24, 2.45) is 5.92 Å². The molecule has 0 aromatic carbocycles. The first-order valence-corrected chi connectivity index (χ1v) is 8.41. The molecular formula is C17H25N3OS. The van der Waals surface area contributed by atoms with Crippen molar-refractivity contribution in [2.45, 2.75) is 18.4 Å². The van der Waals surface area contributed by atoms with Crippen molar-refractivity contribution in [2.75, 3.05) is 39.3 Å². The number of hydrogen-bond acceptors (Lipinski definition) is 3. The molecule has 3 aliphatic rings. The van der Waals surface area contributed by atoms with Gasteiger partial charge in [0.25, 0.3) is 0 Å². The second kappa shape index (κ2) is 6.14. The van der Waals surface area contributed by atoms with Crippen molar-refractivity contribution in [3.8, 4) is 0 Å². The highest BCUT2D eigenvalue weighted by molar-refractivity contribution is 7.80. The number of allylic oxidation sites excluding steroid dienone is 1. The molecule has 0 aromatic heterocycles. The molecule has 2 N–H and O–H groups in total. The van der Waals surface area contributed by atoms with E-state index in [1.54, 1.807) is 0 Å². The van der Waals surface area contributed by atoms with Crippen LogP contribution in [0.2, 0.25) is 0 Å². The van der Waals surface area contributed by atoms with Gasteiger partial charge in [-0.3, -0.25) is 4.90 Å². The van der Waals surface area contributed by atoms with Crippen LogP contribution >= 0.6 is 12.2 Å². The van der Waals surface area contributed by atoms with E-state index in [-0.39, 0.29) is 0 Å². The van der Waals surface area contributed by atoms with E-state index in [0.29, 0.717) is 12.5 Å². The summed E-state index contributed by atoms with van der Waals surface area (Å²) in [5, 5.41) is 14.8. The lowest BCUT2D eigenvalue weighted by Crippen LogP contribution is -2.54. The van der Waals surface area contributed by atoms with Crippen LogP contribution < -0.4 is 5.32 Å². The maximum absolute atomic E-state index is 10.8. The molecule has 3 aliphatic heterocycles. The number of rotatable bonds is 4. The van der Waals surface area contributed by atoms with Crippen molar-refractivity contribution in [3.05, 3.63) is 36.5 Å². The fraction of sp³-hybridized carbons (Fsp3) is 0.588. The fourth-order valence-corrected chi connectivity index (χ4v) is 4.10. The van der Waals surface area contributed by atoms with E-state index in [0.717, 1.165) is 50.7 Å². The maximum atomic E-state index is 10.8. The highest BCUT2D eigenvalue weighted by Crippen LogP contribution is 2.35. The zero-order valence-electron chi connectivity index (χ0n) is 13.1. The zero-order valence-corrected chi connectivity index (χ0v) is 13.9. The number of nitrogens with one attached hydrogen (secondary N) is 1. The predicted molar refractivity (Wildman–Crippen MR) is 93.7 cm³/mol. The molecule has 120 valence electrons. The summed E-state index contributed by atoms with van der Waals surface area (Å²) < 4.78 is 0. The SMILES string of the molecule is C=CC1=C(C=C)CN(C(=S)NCC2(O)CN3CCC2C3)CC1. The molecule has 4 nitrogen and oxygen atoms in total. The summed E-state index contributed by atoms with van der Waals surface area (Å²) in [5.74, 6) is 0.389. The zero-order chi connectivity index (χ0) is 15.7. The Morgan fingerprint density at radius 1 is 1.36 bits per heavy atom. The molecule has 3 unspecified atom stereocenters. The van der Waals surface area contributed by atoms with Gasteiger partial charge in [-0.2, -0.15) is 0 Å². The number of fused-ring (bicyclic) bond motifs is 2. The molecule has 3 rings (SSSR count). The molecule has 0 aromatic rings. The van der Waals surface area contributed by atoms with Crippen LogP contribution in [0.3, 0.4) is 0 Å². The van der Waals surface area contributed by atoms with Crippen LogP contribution in [0.25, 0.3) is 0 Å². The molecule has 0 saturated carbocycles. The lowest BCUT2D eigenvalue weighted by molar-refractivity contribution is -0.000711. The average Bonchev–Trinajstić information content (AvgIpc) is 3.12. The monoisotopic (exact) mass is 319 g/mol. The number of nitrogens with zero attached hydrogens (tertiary/aromatic N) is 2. The third-order valence-corrected chi connectivity index (χ3v) is 5.68. The van der Waals surface area contributed by atoms with Crippen LogP contribution in [-0.4, -0.2) is 64.9 Å². The van der Waals surface area contributed by atoms with E-state index in [2.05, 4.69) is 28.3 Å². The Balaban J connectivity index is 1.56. The average molecular weight is 319 g/mol. The molecule has 2 fully saturated rings. The first-order chi connectivity index (χ1) is 10.6. The van der Waals surface area contributed by atoms with Crippen LogP contribution in [0.1, 0.15) is 12.8 Å². The van der Waals surface area contributed by atoms with Gasteiger partial charge in [-0.15, -0.1) is 0 Å². The molecule has 0 aliphatic carbocycles. The third-order valence-electron chi connectivity index (χ3n) is 5.28. The number of hydrogen-bond donors (Lipinski definition) is 2. The highest BCUT2D eigenvalue weighted by atomic mass is 32.1. The molecule has 3 atom stereocenters. The summed E-state index contributed by atoms with van der Waals surface area (Å²) in [6.07, 6.45) is 5.84. The standard InChI is InChI=1S/C17H25N3OS/c1-3-13-5-8-20(9-14(13)4-2)16(22)18-11-17(21)12-19-7-6-15(17)10-19/h3-4,15,21H,1-2,5-12H2,(H,18,22). The predicted octanol–water partition coefficient (Wildman–Crippen LogP) is 1.30. The molecule has 22 heavy (non-hydrogen) atoms. The Morgan fingerprint density at radius 3 is 2.73 bits per heavy atom. The minimum absolute atomic E-state index is 0.389. The molecule has 0 spiro atoms. The normalized spacial score (nSPS) is 34.0. The van der Waals surface area contributed by atoms with Gasteiger partial charge in [0, 0.05) is 38.6 Å². The molecule has 0 amide bonds. The van der Waals surface area contributed by atoms with Crippen LogP contribution in [0.5, 0.6) is 0 Å². The van der Waals surface area contributed by atoms with Gasteiger partial charge in [0.1, 0.15) is 0 Å². The summed E-state index contributed by atoms with van der Waals surface area (Å²) in [6, 6.07) is 0. The number of piperidine rings is 1. The van der Waals surface area contributed by atoms with Gasteiger partial charge in [0.15, 0.2) is 5.11 Å². The fourth-order valence-electron chi connectivity index (χ4n) is 3.88. The highest BCUT2D eigenvalue weighted by Gasteiger charge is 2.48. The van der Waals surface area contributed by atoms with E-state index in [9.17, 15) is 5.11 Å². The number of aliphatic hydroxyl groups is 1. The topological polar surface area (TPSA) is 38.7 Å². The second-order valence-corrected chi connectivity index (χ2v) is 7.00. The second-order valence-electron chi connectivity index (χ2n) is 6.61. The van der Waals surface area contributed by atoms with Crippen LogP contribution in [0.4, 0.5) is 0 Å². The molecule has 5 heteroatoms. The summed E-state index contributed by atoms with van der Waals surface area (Å²) in [6.45, 7) is 12.9. The Morgan fingerprint density at radius 2 is 2.14 bits per heavy atom. The van der Waals surface area contributed by atoms with Crippen LogP contribution in [-0.2, 0) is 0 Å².